The summed E-state index contributed by atoms with van der Waals surface area (Å²) in [7, 11) is 1.98. The zero-order valence-corrected chi connectivity index (χ0v) is 11.7. The predicted molar refractivity (Wildman–Crippen MR) is 72.0 cm³/mol. The Kier molecular flexibility index (Phi) is 6.56. The van der Waals surface area contributed by atoms with Crippen LogP contribution in [0.4, 0.5) is 0 Å². The fourth-order valence-corrected chi connectivity index (χ4v) is 2.58. The highest BCUT2D eigenvalue weighted by Gasteiger charge is 2.26. The van der Waals surface area contributed by atoms with Crippen LogP contribution < -0.4 is 5.32 Å². The number of carbonyl (C=O) groups is 1. The van der Waals surface area contributed by atoms with E-state index in [4.69, 9.17) is 0 Å². The van der Waals surface area contributed by atoms with Crippen molar-refractivity contribution in [2.75, 3.05) is 20.1 Å². The Labute approximate surface area is 106 Å². The molecule has 1 aliphatic rings. The van der Waals surface area contributed by atoms with Gasteiger partial charge in [-0.05, 0) is 32.2 Å². The van der Waals surface area contributed by atoms with E-state index in [1.807, 2.05) is 11.9 Å². The largest absolute Gasteiger partial charge is 0.341 e. The summed E-state index contributed by atoms with van der Waals surface area (Å²) in [5, 5.41) is 3.38. The van der Waals surface area contributed by atoms with Crippen LogP contribution in [0.25, 0.3) is 0 Å². The van der Waals surface area contributed by atoms with Crippen LogP contribution in [0.5, 0.6) is 0 Å². The first kappa shape index (κ1) is 14.5. The van der Waals surface area contributed by atoms with Gasteiger partial charge in [0.2, 0.25) is 5.91 Å². The molecule has 1 aliphatic heterocycles. The van der Waals surface area contributed by atoms with Gasteiger partial charge in [0.25, 0.3) is 0 Å². The van der Waals surface area contributed by atoms with Crippen molar-refractivity contribution < 1.29 is 4.79 Å². The molecule has 1 heterocycles. The van der Waals surface area contributed by atoms with E-state index >= 15 is 0 Å². The molecule has 0 radical (unpaired) electrons. The van der Waals surface area contributed by atoms with Crippen LogP contribution in [-0.4, -0.2) is 37.0 Å². The molecule has 0 aromatic rings. The van der Waals surface area contributed by atoms with Crippen molar-refractivity contribution in [3.05, 3.63) is 0 Å². The Hall–Kier alpha value is -0.570. The molecule has 0 bridgehead atoms. The summed E-state index contributed by atoms with van der Waals surface area (Å²) in [6.07, 6.45) is 6.71. The number of nitrogens with one attached hydrogen (secondary N) is 1. The van der Waals surface area contributed by atoms with E-state index in [2.05, 4.69) is 19.2 Å². The van der Waals surface area contributed by atoms with Gasteiger partial charge in [-0.1, -0.05) is 26.7 Å². The SMILES string of the molecule is CCCCC(CC)C(=O)N(C)C1CCCNC1. The smallest absolute Gasteiger partial charge is 0.225 e. The van der Waals surface area contributed by atoms with E-state index in [9.17, 15) is 4.79 Å². The molecule has 2 atom stereocenters. The van der Waals surface area contributed by atoms with Crippen LogP contribution in [0, 0.1) is 5.92 Å². The summed E-state index contributed by atoms with van der Waals surface area (Å²) in [4.78, 5) is 14.4. The summed E-state index contributed by atoms with van der Waals surface area (Å²) in [5.41, 5.74) is 0. The molecule has 1 rings (SSSR count). The lowest BCUT2D eigenvalue weighted by atomic mass is 9.96. The summed E-state index contributed by atoms with van der Waals surface area (Å²) < 4.78 is 0. The second kappa shape index (κ2) is 7.70. The molecule has 0 aromatic heterocycles. The van der Waals surface area contributed by atoms with Gasteiger partial charge in [0, 0.05) is 25.6 Å². The maximum atomic E-state index is 12.4. The van der Waals surface area contributed by atoms with Crippen molar-refractivity contribution in [2.24, 2.45) is 5.92 Å². The first-order valence-electron chi connectivity index (χ1n) is 7.18. The number of carbonyl (C=O) groups excluding carboxylic acids is 1. The minimum atomic E-state index is 0.238. The second-order valence-corrected chi connectivity index (χ2v) is 5.20. The summed E-state index contributed by atoms with van der Waals surface area (Å²) in [6, 6.07) is 0.409. The average molecular weight is 240 g/mol. The minimum Gasteiger partial charge on any atom is -0.341 e. The van der Waals surface area contributed by atoms with Gasteiger partial charge in [0.05, 0.1) is 0 Å². The predicted octanol–water partition coefficient (Wildman–Crippen LogP) is 2.41. The number of nitrogens with zero attached hydrogens (tertiary/aromatic N) is 1. The Balaban J connectivity index is 2.47. The summed E-state index contributed by atoms with van der Waals surface area (Å²) in [6.45, 7) is 6.38. The third-order valence-corrected chi connectivity index (χ3v) is 3.91. The number of hydrogen-bond donors (Lipinski definition) is 1. The molecule has 1 saturated heterocycles. The number of hydrogen-bond acceptors (Lipinski definition) is 2. The van der Waals surface area contributed by atoms with Gasteiger partial charge in [0.15, 0.2) is 0 Å². The zero-order valence-electron chi connectivity index (χ0n) is 11.7. The van der Waals surface area contributed by atoms with Crippen LogP contribution in [0.15, 0.2) is 0 Å². The highest BCUT2D eigenvalue weighted by atomic mass is 16.2. The number of piperidine rings is 1. The monoisotopic (exact) mass is 240 g/mol. The number of amides is 1. The van der Waals surface area contributed by atoms with Crippen molar-refractivity contribution >= 4 is 5.91 Å². The molecule has 1 fully saturated rings. The van der Waals surface area contributed by atoms with Crippen LogP contribution in [0.1, 0.15) is 52.4 Å². The van der Waals surface area contributed by atoms with E-state index in [-0.39, 0.29) is 5.92 Å². The van der Waals surface area contributed by atoms with Crippen molar-refractivity contribution in [1.29, 1.82) is 0 Å². The van der Waals surface area contributed by atoms with E-state index < -0.39 is 0 Å². The Morgan fingerprint density at radius 1 is 1.47 bits per heavy atom. The lowest BCUT2D eigenvalue weighted by Gasteiger charge is -2.34. The number of rotatable bonds is 6. The van der Waals surface area contributed by atoms with Gasteiger partial charge in [0.1, 0.15) is 0 Å². The molecule has 0 spiro atoms. The van der Waals surface area contributed by atoms with Gasteiger partial charge in [-0.2, -0.15) is 0 Å². The van der Waals surface area contributed by atoms with Crippen molar-refractivity contribution in [1.82, 2.24) is 10.2 Å². The molecule has 100 valence electrons. The molecule has 1 amide bonds. The lowest BCUT2D eigenvalue weighted by Crippen LogP contribution is -2.48. The molecule has 0 saturated carbocycles. The highest BCUT2D eigenvalue weighted by Crippen LogP contribution is 2.18. The summed E-state index contributed by atoms with van der Waals surface area (Å²) in [5.74, 6) is 0.594. The molecule has 0 aromatic carbocycles. The minimum absolute atomic E-state index is 0.238. The molecule has 3 heteroatoms. The van der Waals surface area contributed by atoms with Crippen molar-refractivity contribution in [3.8, 4) is 0 Å². The van der Waals surface area contributed by atoms with E-state index in [0.717, 1.165) is 32.4 Å². The zero-order chi connectivity index (χ0) is 12.7. The van der Waals surface area contributed by atoms with Crippen molar-refractivity contribution in [2.45, 2.75) is 58.4 Å². The number of unbranched alkanes of at least 4 members (excludes halogenated alkanes) is 1. The van der Waals surface area contributed by atoms with Gasteiger partial charge in [-0.15, -0.1) is 0 Å². The maximum Gasteiger partial charge on any atom is 0.225 e. The first-order chi connectivity index (χ1) is 8.20. The van der Waals surface area contributed by atoms with Crippen molar-refractivity contribution in [3.63, 3.8) is 0 Å². The first-order valence-corrected chi connectivity index (χ1v) is 7.18. The normalized spacial score (nSPS) is 22.2. The Morgan fingerprint density at radius 2 is 2.24 bits per heavy atom. The third-order valence-electron chi connectivity index (χ3n) is 3.91. The van der Waals surface area contributed by atoms with Crippen LogP contribution >= 0.6 is 0 Å². The van der Waals surface area contributed by atoms with Crippen LogP contribution in [0.2, 0.25) is 0 Å². The lowest BCUT2D eigenvalue weighted by molar-refractivity contribution is -0.137. The molecule has 2 unspecified atom stereocenters. The van der Waals surface area contributed by atoms with E-state index in [0.29, 0.717) is 11.9 Å². The average Bonchev–Trinajstić information content (AvgIpc) is 2.39. The Morgan fingerprint density at radius 3 is 2.76 bits per heavy atom. The fraction of sp³-hybridized carbons (Fsp3) is 0.929. The topological polar surface area (TPSA) is 32.3 Å². The highest BCUT2D eigenvalue weighted by molar-refractivity contribution is 5.78. The standard InChI is InChI=1S/C14H28N2O/c1-4-6-8-12(5-2)14(17)16(3)13-9-7-10-15-11-13/h12-13,15H,4-11H2,1-3H3. The molecular weight excluding hydrogens is 212 g/mol. The third kappa shape index (κ3) is 4.30. The van der Waals surface area contributed by atoms with Gasteiger partial charge < -0.3 is 10.2 Å². The van der Waals surface area contributed by atoms with E-state index in [1.54, 1.807) is 0 Å². The summed E-state index contributed by atoms with van der Waals surface area (Å²) >= 11 is 0. The molecule has 3 nitrogen and oxygen atoms in total. The molecule has 1 N–H and O–H groups in total. The van der Waals surface area contributed by atoms with E-state index in [1.165, 1.54) is 19.3 Å². The molecular formula is C14H28N2O. The number of likely N-dealkylation sites (N-methyl/N-ethyl adjacent to an activating group) is 1. The molecule has 0 aliphatic carbocycles. The molecule has 17 heavy (non-hydrogen) atoms. The maximum absolute atomic E-state index is 12.4. The van der Waals surface area contributed by atoms with Crippen LogP contribution in [-0.2, 0) is 4.79 Å². The Bertz CT molecular complexity index is 224. The van der Waals surface area contributed by atoms with Gasteiger partial charge in [-0.3, -0.25) is 4.79 Å². The van der Waals surface area contributed by atoms with Gasteiger partial charge >= 0.3 is 0 Å². The van der Waals surface area contributed by atoms with Crippen LogP contribution in [0.3, 0.4) is 0 Å². The quantitative estimate of drug-likeness (QED) is 0.773. The second-order valence-electron chi connectivity index (χ2n) is 5.20. The van der Waals surface area contributed by atoms with Gasteiger partial charge in [-0.25, -0.2) is 0 Å². The fourth-order valence-electron chi connectivity index (χ4n) is 2.58.